The number of piperidine rings is 1. The van der Waals surface area contributed by atoms with E-state index in [9.17, 15) is 13.2 Å². The third kappa shape index (κ3) is 4.77. The van der Waals surface area contributed by atoms with Crippen molar-refractivity contribution >= 4 is 0 Å². The minimum absolute atomic E-state index is 0.216. The molecule has 0 spiro atoms. The fourth-order valence-corrected chi connectivity index (χ4v) is 3.53. The first-order chi connectivity index (χ1) is 14.4. The molecule has 4 rings (SSSR count). The molecule has 0 radical (unpaired) electrons. The highest BCUT2D eigenvalue weighted by atomic mass is 19.4. The van der Waals surface area contributed by atoms with Gasteiger partial charge in [0.2, 0.25) is 0 Å². The van der Waals surface area contributed by atoms with Crippen molar-refractivity contribution in [3.05, 3.63) is 54.5 Å². The van der Waals surface area contributed by atoms with E-state index in [1.54, 1.807) is 18.5 Å². The predicted molar refractivity (Wildman–Crippen MR) is 104 cm³/mol. The number of pyridine rings is 1. The van der Waals surface area contributed by atoms with E-state index < -0.39 is 6.36 Å². The zero-order valence-corrected chi connectivity index (χ0v) is 16.1. The standard InChI is InChI=1S/C20H21F3N6O/c21-20(22,23)30-17-3-1-2-16(12-17)29-19(14-4-8-25-9-5-14)18(26-27-29)13-28-10-6-15(24)7-11-28/h1-5,8-9,12,15H,6-7,10-11,13,24H2. The first-order valence-corrected chi connectivity index (χ1v) is 9.58. The first kappa shape index (κ1) is 20.3. The molecule has 1 aliphatic rings. The van der Waals surface area contributed by atoms with Crippen molar-refractivity contribution in [1.82, 2.24) is 24.9 Å². The molecule has 0 atom stereocenters. The summed E-state index contributed by atoms with van der Waals surface area (Å²) in [7, 11) is 0. The van der Waals surface area contributed by atoms with Gasteiger partial charge in [-0.05, 0) is 37.1 Å². The second-order valence-electron chi connectivity index (χ2n) is 7.19. The Morgan fingerprint density at radius 2 is 1.83 bits per heavy atom. The number of ether oxygens (including phenoxy) is 1. The van der Waals surface area contributed by atoms with Gasteiger partial charge in [0.15, 0.2) is 0 Å². The van der Waals surface area contributed by atoms with E-state index in [0.717, 1.165) is 37.2 Å². The van der Waals surface area contributed by atoms with Crippen molar-refractivity contribution in [2.45, 2.75) is 31.8 Å². The second kappa shape index (κ2) is 8.41. The monoisotopic (exact) mass is 418 g/mol. The molecule has 7 nitrogen and oxygen atoms in total. The van der Waals surface area contributed by atoms with Crippen LogP contribution < -0.4 is 10.5 Å². The number of rotatable bonds is 5. The largest absolute Gasteiger partial charge is 0.573 e. The predicted octanol–water partition coefficient (Wildman–Crippen LogP) is 3.15. The molecule has 1 fully saturated rings. The molecule has 2 N–H and O–H groups in total. The number of halogens is 3. The third-order valence-corrected chi connectivity index (χ3v) is 5.00. The van der Waals surface area contributed by atoms with E-state index >= 15 is 0 Å². The van der Waals surface area contributed by atoms with Crippen LogP contribution in [0.4, 0.5) is 13.2 Å². The van der Waals surface area contributed by atoms with Crippen LogP contribution in [-0.2, 0) is 6.54 Å². The maximum Gasteiger partial charge on any atom is 0.573 e. The Balaban J connectivity index is 1.70. The van der Waals surface area contributed by atoms with E-state index in [-0.39, 0.29) is 11.8 Å². The van der Waals surface area contributed by atoms with Gasteiger partial charge < -0.3 is 10.5 Å². The van der Waals surface area contributed by atoms with E-state index in [0.29, 0.717) is 17.9 Å². The van der Waals surface area contributed by atoms with Gasteiger partial charge in [-0.1, -0.05) is 11.3 Å². The number of nitrogens with two attached hydrogens (primary N) is 1. The Labute approximate surface area is 171 Å². The lowest BCUT2D eigenvalue weighted by atomic mass is 10.1. The maximum atomic E-state index is 12.6. The summed E-state index contributed by atoms with van der Waals surface area (Å²) >= 11 is 0. The highest BCUT2D eigenvalue weighted by Crippen LogP contribution is 2.29. The molecule has 0 aliphatic carbocycles. The minimum Gasteiger partial charge on any atom is -0.406 e. The van der Waals surface area contributed by atoms with Crippen molar-refractivity contribution in [3.63, 3.8) is 0 Å². The first-order valence-electron chi connectivity index (χ1n) is 9.58. The molecule has 3 aromatic rings. The summed E-state index contributed by atoms with van der Waals surface area (Å²) in [4.78, 5) is 6.30. The van der Waals surface area contributed by atoms with E-state index in [1.807, 2.05) is 12.1 Å². The summed E-state index contributed by atoms with van der Waals surface area (Å²) in [6.07, 6.45) is 0.361. The molecule has 2 aromatic heterocycles. The average Bonchev–Trinajstić information content (AvgIpc) is 3.13. The number of alkyl halides is 3. The number of benzene rings is 1. The highest BCUT2D eigenvalue weighted by molar-refractivity contribution is 5.64. The van der Waals surface area contributed by atoms with Crippen LogP contribution in [0.2, 0.25) is 0 Å². The molecular formula is C20H21F3N6O. The molecule has 30 heavy (non-hydrogen) atoms. The van der Waals surface area contributed by atoms with Gasteiger partial charge in [0, 0.05) is 49.7 Å². The van der Waals surface area contributed by atoms with Crippen LogP contribution >= 0.6 is 0 Å². The zero-order chi connectivity index (χ0) is 21.1. The molecule has 1 aliphatic heterocycles. The number of nitrogens with zero attached hydrogens (tertiary/aromatic N) is 5. The van der Waals surface area contributed by atoms with Crippen LogP contribution in [0.1, 0.15) is 18.5 Å². The smallest absolute Gasteiger partial charge is 0.406 e. The second-order valence-corrected chi connectivity index (χ2v) is 7.19. The summed E-state index contributed by atoms with van der Waals surface area (Å²) in [5, 5.41) is 8.58. The molecule has 1 aromatic carbocycles. The van der Waals surface area contributed by atoms with E-state index in [2.05, 4.69) is 24.9 Å². The van der Waals surface area contributed by atoms with Crippen molar-refractivity contribution < 1.29 is 17.9 Å². The topological polar surface area (TPSA) is 82.1 Å². The Kier molecular flexibility index (Phi) is 5.69. The normalized spacial score (nSPS) is 16.0. The van der Waals surface area contributed by atoms with Crippen molar-refractivity contribution in [1.29, 1.82) is 0 Å². The van der Waals surface area contributed by atoms with Crippen LogP contribution in [-0.4, -0.2) is 50.4 Å². The van der Waals surface area contributed by atoms with Crippen LogP contribution in [0.15, 0.2) is 48.8 Å². The van der Waals surface area contributed by atoms with Crippen LogP contribution in [0, 0.1) is 0 Å². The fraction of sp³-hybridized carbons (Fsp3) is 0.350. The van der Waals surface area contributed by atoms with Crippen LogP contribution in [0.5, 0.6) is 5.75 Å². The lowest BCUT2D eigenvalue weighted by Gasteiger charge is -2.29. The minimum atomic E-state index is -4.77. The molecule has 0 amide bonds. The molecule has 10 heteroatoms. The van der Waals surface area contributed by atoms with Crippen LogP contribution in [0.25, 0.3) is 16.9 Å². The van der Waals surface area contributed by atoms with Crippen molar-refractivity contribution in [2.75, 3.05) is 13.1 Å². The molecule has 158 valence electrons. The van der Waals surface area contributed by atoms with Gasteiger partial charge in [-0.2, -0.15) is 0 Å². The Hall–Kier alpha value is -2.98. The van der Waals surface area contributed by atoms with Gasteiger partial charge in [0.25, 0.3) is 0 Å². The van der Waals surface area contributed by atoms with Gasteiger partial charge in [-0.3, -0.25) is 9.88 Å². The Morgan fingerprint density at radius 1 is 1.10 bits per heavy atom. The molecule has 0 unspecified atom stereocenters. The lowest BCUT2D eigenvalue weighted by Crippen LogP contribution is -2.39. The molecule has 1 saturated heterocycles. The fourth-order valence-electron chi connectivity index (χ4n) is 3.53. The molecule has 3 heterocycles. The third-order valence-electron chi connectivity index (χ3n) is 5.00. The van der Waals surface area contributed by atoms with Gasteiger partial charge in [-0.15, -0.1) is 18.3 Å². The molecular weight excluding hydrogens is 397 g/mol. The number of hydrogen-bond acceptors (Lipinski definition) is 6. The van der Waals surface area contributed by atoms with Crippen molar-refractivity contribution in [3.8, 4) is 22.7 Å². The summed E-state index contributed by atoms with van der Waals surface area (Å²) in [6, 6.07) is 9.54. The Morgan fingerprint density at radius 3 is 2.53 bits per heavy atom. The van der Waals surface area contributed by atoms with E-state index in [1.165, 1.54) is 22.9 Å². The maximum absolute atomic E-state index is 12.6. The Bertz CT molecular complexity index is 984. The van der Waals surface area contributed by atoms with Gasteiger partial charge in [0.05, 0.1) is 11.4 Å². The summed E-state index contributed by atoms with van der Waals surface area (Å²) in [5.74, 6) is -0.317. The number of aromatic nitrogens is 4. The highest BCUT2D eigenvalue weighted by Gasteiger charge is 2.31. The van der Waals surface area contributed by atoms with Gasteiger partial charge in [-0.25, -0.2) is 4.68 Å². The molecule has 0 saturated carbocycles. The summed E-state index contributed by atoms with van der Waals surface area (Å²) < 4.78 is 43.5. The summed E-state index contributed by atoms with van der Waals surface area (Å²) in [5.41, 5.74) is 8.67. The van der Waals surface area contributed by atoms with Gasteiger partial charge >= 0.3 is 6.36 Å². The van der Waals surface area contributed by atoms with Gasteiger partial charge in [0.1, 0.15) is 11.4 Å². The molecule has 0 bridgehead atoms. The van der Waals surface area contributed by atoms with E-state index in [4.69, 9.17) is 5.73 Å². The number of likely N-dealkylation sites (tertiary alicyclic amines) is 1. The average molecular weight is 418 g/mol. The van der Waals surface area contributed by atoms with Crippen molar-refractivity contribution in [2.24, 2.45) is 5.73 Å². The quantitative estimate of drug-likeness (QED) is 0.686. The number of hydrogen-bond donors (Lipinski definition) is 1. The zero-order valence-electron chi connectivity index (χ0n) is 16.1. The van der Waals surface area contributed by atoms with Crippen LogP contribution in [0.3, 0.4) is 0 Å². The lowest BCUT2D eigenvalue weighted by molar-refractivity contribution is -0.274. The SMILES string of the molecule is NC1CCN(Cc2nnn(-c3cccc(OC(F)(F)F)c3)c2-c2ccncc2)CC1. The summed E-state index contributed by atoms with van der Waals surface area (Å²) in [6.45, 7) is 2.29.